The van der Waals surface area contributed by atoms with Gasteiger partial charge in [0, 0.05) is 36.2 Å². The zero-order chi connectivity index (χ0) is 21.8. The second-order valence-corrected chi connectivity index (χ2v) is 7.17. The third kappa shape index (κ3) is 4.51. The molecule has 0 radical (unpaired) electrons. The summed E-state index contributed by atoms with van der Waals surface area (Å²) in [6.07, 6.45) is 2.17. The second kappa shape index (κ2) is 9.08. The van der Waals surface area contributed by atoms with E-state index in [1.54, 1.807) is 6.07 Å². The number of nitrogens with zero attached hydrogens (tertiary/aromatic N) is 2. The fraction of sp³-hybridized carbons (Fsp3) is 0.429. The van der Waals surface area contributed by atoms with Crippen LogP contribution < -0.4 is 4.74 Å². The van der Waals surface area contributed by atoms with E-state index in [1.165, 1.54) is 19.2 Å². The van der Waals surface area contributed by atoms with E-state index in [0.29, 0.717) is 12.1 Å². The molecule has 9 heteroatoms. The molecule has 1 aromatic heterocycles. The van der Waals surface area contributed by atoms with Gasteiger partial charge in [0.1, 0.15) is 0 Å². The Morgan fingerprint density at radius 1 is 1.30 bits per heavy atom. The number of rotatable bonds is 8. The molecule has 0 aliphatic carbocycles. The van der Waals surface area contributed by atoms with Crippen LogP contribution in [-0.2, 0) is 16.0 Å². The molecule has 0 saturated carbocycles. The molecule has 30 heavy (non-hydrogen) atoms. The maximum Gasteiger partial charge on any atom is 0.338 e. The third-order valence-corrected chi connectivity index (χ3v) is 5.23. The van der Waals surface area contributed by atoms with Crippen molar-refractivity contribution in [1.29, 1.82) is 0 Å². The summed E-state index contributed by atoms with van der Waals surface area (Å²) in [5, 5.41) is 11.1. The van der Waals surface area contributed by atoms with Crippen LogP contribution in [0.1, 0.15) is 44.9 Å². The summed E-state index contributed by atoms with van der Waals surface area (Å²) in [6.45, 7) is 4.75. The van der Waals surface area contributed by atoms with E-state index in [1.807, 2.05) is 18.4 Å². The van der Waals surface area contributed by atoms with Crippen molar-refractivity contribution < 1.29 is 28.7 Å². The molecular weight excluding hydrogens is 392 g/mol. The van der Waals surface area contributed by atoms with Gasteiger partial charge in [-0.1, -0.05) is 0 Å². The summed E-state index contributed by atoms with van der Waals surface area (Å²) < 4.78 is 17.7. The summed E-state index contributed by atoms with van der Waals surface area (Å²) >= 11 is 0. The quantitative estimate of drug-likeness (QED) is 0.281. The smallest absolute Gasteiger partial charge is 0.338 e. The van der Waals surface area contributed by atoms with Crippen LogP contribution >= 0.6 is 0 Å². The molecule has 1 fully saturated rings. The van der Waals surface area contributed by atoms with Gasteiger partial charge >= 0.3 is 11.7 Å². The molecule has 0 spiro atoms. The van der Waals surface area contributed by atoms with Crippen LogP contribution in [0, 0.1) is 24.0 Å². The van der Waals surface area contributed by atoms with Crippen molar-refractivity contribution in [2.75, 3.05) is 20.3 Å². The van der Waals surface area contributed by atoms with Gasteiger partial charge in [-0.15, -0.1) is 0 Å². The first-order chi connectivity index (χ1) is 14.3. The molecule has 9 nitrogen and oxygen atoms in total. The van der Waals surface area contributed by atoms with E-state index in [2.05, 4.69) is 0 Å². The number of ether oxygens (including phenoxy) is 3. The number of aryl methyl sites for hydroxylation is 1. The Kier molecular flexibility index (Phi) is 6.51. The number of hydrogen-bond donors (Lipinski definition) is 0. The van der Waals surface area contributed by atoms with E-state index < -0.39 is 17.5 Å². The summed E-state index contributed by atoms with van der Waals surface area (Å²) in [6, 6.07) is 5.51. The number of benzene rings is 1. The highest BCUT2D eigenvalue weighted by Gasteiger charge is 2.23. The number of esters is 1. The molecule has 3 rings (SSSR count). The number of carbonyl (C=O) groups excluding carboxylic acids is 2. The molecule has 1 aromatic carbocycles. The minimum absolute atomic E-state index is 0.0286. The average Bonchev–Trinajstić information content (AvgIpc) is 3.35. The van der Waals surface area contributed by atoms with Crippen molar-refractivity contribution in [3.05, 3.63) is 56.9 Å². The fourth-order valence-corrected chi connectivity index (χ4v) is 3.61. The molecule has 2 aromatic rings. The Hall–Kier alpha value is -3.20. The lowest BCUT2D eigenvalue weighted by Gasteiger charge is -2.14. The minimum atomic E-state index is -0.817. The predicted octanol–water partition coefficient (Wildman–Crippen LogP) is 3.24. The summed E-state index contributed by atoms with van der Waals surface area (Å²) in [5.41, 5.74) is 1.83. The van der Waals surface area contributed by atoms with Crippen LogP contribution in [0.4, 0.5) is 5.69 Å². The molecule has 1 aliphatic rings. The van der Waals surface area contributed by atoms with Crippen molar-refractivity contribution in [1.82, 2.24) is 4.57 Å². The van der Waals surface area contributed by atoms with Gasteiger partial charge in [-0.3, -0.25) is 14.9 Å². The van der Waals surface area contributed by atoms with Gasteiger partial charge in [-0.2, -0.15) is 0 Å². The minimum Gasteiger partial charge on any atom is -0.490 e. The zero-order valence-electron chi connectivity index (χ0n) is 17.2. The van der Waals surface area contributed by atoms with Crippen molar-refractivity contribution >= 4 is 17.4 Å². The summed E-state index contributed by atoms with van der Waals surface area (Å²) in [4.78, 5) is 35.4. The van der Waals surface area contributed by atoms with Gasteiger partial charge in [0.05, 0.1) is 23.7 Å². The van der Waals surface area contributed by atoms with Gasteiger partial charge < -0.3 is 18.8 Å². The molecular formula is C21H24N2O7. The molecule has 160 valence electrons. The van der Waals surface area contributed by atoms with E-state index in [-0.39, 0.29) is 28.9 Å². The highest BCUT2D eigenvalue weighted by molar-refractivity contribution is 6.00. The topological polar surface area (TPSA) is 110 Å². The van der Waals surface area contributed by atoms with Gasteiger partial charge in [0.25, 0.3) is 0 Å². The van der Waals surface area contributed by atoms with E-state index >= 15 is 0 Å². The number of carbonyl (C=O) groups is 2. The zero-order valence-corrected chi connectivity index (χ0v) is 17.2. The van der Waals surface area contributed by atoms with Gasteiger partial charge in [-0.05, 0) is 44.9 Å². The normalized spacial score (nSPS) is 15.8. The van der Waals surface area contributed by atoms with Crippen LogP contribution in [0.2, 0.25) is 0 Å². The molecule has 1 atom stereocenters. The van der Waals surface area contributed by atoms with Gasteiger partial charge in [-0.25, -0.2) is 4.79 Å². The molecule has 2 heterocycles. The summed E-state index contributed by atoms with van der Waals surface area (Å²) in [5.74, 6) is -1.12. The monoisotopic (exact) mass is 416 g/mol. The first-order valence-electron chi connectivity index (χ1n) is 9.63. The number of hydrogen-bond acceptors (Lipinski definition) is 7. The number of nitro benzene ring substituents is 1. The molecule has 0 bridgehead atoms. The van der Waals surface area contributed by atoms with E-state index in [9.17, 15) is 19.7 Å². The number of nitro groups is 1. The standard InChI is InChI=1S/C21H24N2O7/c1-13-9-17(14(2)22(13)11-16-5-4-8-29-16)19(24)12-30-21(25)15-6-7-20(28-3)18(10-15)23(26)27/h6-7,9-10,16H,4-5,8,11-12H2,1-3H3/t16-/m0/s1. The fourth-order valence-electron chi connectivity index (χ4n) is 3.61. The molecule has 0 amide bonds. The molecule has 0 unspecified atom stereocenters. The van der Waals surface area contributed by atoms with Crippen LogP contribution in [0.3, 0.4) is 0 Å². The second-order valence-electron chi connectivity index (χ2n) is 7.17. The average molecular weight is 416 g/mol. The van der Waals surface area contributed by atoms with Crippen LogP contribution in [-0.4, -0.2) is 47.7 Å². The largest absolute Gasteiger partial charge is 0.490 e. The maximum atomic E-state index is 12.6. The summed E-state index contributed by atoms with van der Waals surface area (Å²) in [7, 11) is 1.30. The first kappa shape index (κ1) is 21.5. The van der Waals surface area contributed by atoms with Gasteiger partial charge in [0.15, 0.2) is 12.4 Å². The van der Waals surface area contributed by atoms with E-state index in [0.717, 1.165) is 36.9 Å². The van der Waals surface area contributed by atoms with Gasteiger partial charge in [0.2, 0.25) is 5.78 Å². The van der Waals surface area contributed by atoms with Crippen LogP contribution in [0.15, 0.2) is 24.3 Å². The molecule has 1 aliphatic heterocycles. The lowest BCUT2D eigenvalue weighted by Crippen LogP contribution is -2.18. The van der Waals surface area contributed by atoms with Crippen molar-refractivity contribution in [2.45, 2.75) is 39.3 Å². The van der Waals surface area contributed by atoms with Crippen molar-refractivity contribution in [2.24, 2.45) is 0 Å². The Morgan fingerprint density at radius 3 is 2.70 bits per heavy atom. The maximum absolute atomic E-state index is 12.6. The Bertz CT molecular complexity index is 974. The van der Waals surface area contributed by atoms with Crippen molar-refractivity contribution in [3.8, 4) is 5.75 Å². The predicted molar refractivity (Wildman–Crippen MR) is 107 cm³/mol. The number of Topliss-reactive ketones (excluding diaryl/α,β-unsaturated/α-hetero) is 1. The highest BCUT2D eigenvalue weighted by atomic mass is 16.6. The highest BCUT2D eigenvalue weighted by Crippen LogP contribution is 2.28. The lowest BCUT2D eigenvalue weighted by atomic mass is 10.1. The van der Waals surface area contributed by atoms with Crippen LogP contribution in [0.25, 0.3) is 0 Å². The first-order valence-corrected chi connectivity index (χ1v) is 9.63. The Balaban J connectivity index is 1.67. The number of methoxy groups -OCH3 is 1. The lowest BCUT2D eigenvalue weighted by molar-refractivity contribution is -0.385. The SMILES string of the molecule is COc1ccc(C(=O)OCC(=O)c2cc(C)n(C[C@@H]3CCCO3)c2C)cc1[N+](=O)[O-]. The Morgan fingerprint density at radius 2 is 2.07 bits per heavy atom. The third-order valence-electron chi connectivity index (χ3n) is 5.23. The number of aromatic nitrogens is 1. The Labute approximate surface area is 173 Å². The molecule has 0 N–H and O–H groups in total. The molecule has 1 saturated heterocycles. The van der Waals surface area contributed by atoms with Crippen LogP contribution in [0.5, 0.6) is 5.75 Å². The number of ketones is 1. The van der Waals surface area contributed by atoms with E-state index in [4.69, 9.17) is 14.2 Å². The van der Waals surface area contributed by atoms with Crippen molar-refractivity contribution in [3.63, 3.8) is 0 Å².